The molecular formula is C25H31FN2O5. The van der Waals surface area contributed by atoms with Crippen LogP contribution in [0.25, 0.3) is 0 Å². The van der Waals surface area contributed by atoms with Crippen LogP contribution >= 0.6 is 0 Å². The molecule has 4 rings (SSSR count). The van der Waals surface area contributed by atoms with E-state index in [0.29, 0.717) is 44.3 Å². The van der Waals surface area contributed by atoms with E-state index in [1.165, 1.54) is 12.1 Å². The highest BCUT2D eigenvalue weighted by Gasteiger charge is 2.27. The number of hydrogen-bond donors (Lipinski definition) is 1. The van der Waals surface area contributed by atoms with E-state index in [-0.39, 0.29) is 25.3 Å². The van der Waals surface area contributed by atoms with Crippen molar-refractivity contribution < 1.29 is 28.5 Å². The molecule has 0 saturated carbocycles. The molecule has 2 atom stereocenters. The van der Waals surface area contributed by atoms with Gasteiger partial charge in [0.05, 0.1) is 18.4 Å². The smallest absolute Gasteiger partial charge is 0.231 e. The molecule has 0 unspecified atom stereocenters. The van der Waals surface area contributed by atoms with Crippen molar-refractivity contribution in [2.75, 3.05) is 33.1 Å². The molecule has 2 aliphatic heterocycles. The molecule has 2 aliphatic rings. The first-order chi connectivity index (χ1) is 16.0. The van der Waals surface area contributed by atoms with Crippen LogP contribution in [0.2, 0.25) is 0 Å². The first kappa shape index (κ1) is 23.5. The van der Waals surface area contributed by atoms with Crippen molar-refractivity contribution in [3.05, 3.63) is 59.4 Å². The van der Waals surface area contributed by atoms with E-state index < -0.39 is 6.10 Å². The van der Waals surface area contributed by atoms with Gasteiger partial charge >= 0.3 is 0 Å². The van der Waals surface area contributed by atoms with Gasteiger partial charge in [-0.2, -0.15) is 0 Å². The van der Waals surface area contributed by atoms with Gasteiger partial charge in [-0.25, -0.2) is 4.39 Å². The third-order valence-corrected chi connectivity index (χ3v) is 5.45. The maximum atomic E-state index is 13.3. The number of fused-ring (bicyclic) bond motifs is 1. The van der Waals surface area contributed by atoms with Crippen LogP contribution in [0.5, 0.6) is 11.5 Å². The van der Waals surface area contributed by atoms with Crippen LogP contribution in [0.3, 0.4) is 0 Å². The van der Waals surface area contributed by atoms with E-state index in [4.69, 9.17) is 19.0 Å². The molecule has 7 nitrogen and oxygen atoms in total. The zero-order chi connectivity index (χ0) is 23.2. The van der Waals surface area contributed by atoms with Crippen molar-refractivity contribution in [1.29, 1.82) is 0 Å². The van der Waals surface area contributed by atoms with Crippen LogP contribution in [-0.4, -0.2) is 61.0 Å². The highest BCUT2D eigenvalue weighted by Crippen LogP contribution is 2.33. The fourth-order valence-corrected chi connectivity index (χ4v) is 3.90. The number of benzene rings is 2. The second-order valence-corrected chi connectivity index (χ2v) is 8.94. The van der Waals surface area contributed by atoms with E-state index >= 15 is 0 Å². The first-order valence-electron chi connectivity index (χ1n) is 11.3. The highest BCUT2D eigenvalue weighted by atomic mass is 19.1. The number of ether oxygens (including phenoxy) is 3. The normalized spacial score (nSPS) is 18.0. The second-order valence-electron chi connectivity index (χ2n) is 8.94. The largest absolute Gasteiger partial charge is 0.454 e. The minimum absolute atomic E-state index is 0.158. The summed E-state index contributed by atoms with van der Waals surface area (Å²) in [6.45, 7) is 6.78. The SMILES string of the molecule is CC(C)COC[C@@H](O)CN(Cc1ccc(F)cc1)C[C@H]1CC(c2ccc3c(c2)OCO3)=NO1. The average molecular weight is 459 g/mol. The number of rotatable bonds is 11. The van der Waals surface area contributed by atoms with Crippen molar-refractivity contribution in [3.63, 3.8) is 0 Å². The Morgan fingerprint density at radius 3 is 2.70 bits per heavy atom. The summed E-state index contributed by atoms with van der Waals surface area (Å²) in [7, 11) is 0. The van der Waals surface area contributed by atoms with Gasteiger partial charge in [-0.1, -0.05) is 31.1 Å². The molecule has 0 saturated heterocycles. The van der Waals surface area contributed by atoms with E-state index in [2.05, 4.69) is 23.9 Å². The lowest BCUT2D eigenvalue weighted by molar-refractivity contribution is -0.00734. The molecule has 2 heterocycles. The lowest BCUT2D eigenvalue weighted by Crippen LogP contribution is -2.39. The maximum absolute atomic E-state index is 13.3. The summed E-state index contributed by atoms with van der Waals surface area (Å²) < 4.78 is 29.8. The monoisotopic (exact) mass is 458 g/mol. The van der Waals surface area contributed by atoms with Crippen LogP contribution in [-0.2, 0) is 16.1 Å². The minimum Gasteiger partial charge on any atom is -0.454 e. The summed E-state index contributed by atoms with van der Waals surface area (Å²) in [6.07, 6.45) is -0.158. The Kier molecular flexibility index (Phi) is 7.80. The molecule has 1 N–H and O–H groups in total. The van der Waals surface area contributed by atoms with Gasteiger partial charge in [0, 0.05) is 38.2 Å². The Bertz CT molecular complexity index is 950. The van der Waals surface area contributed by atoms with Crippen LogP contribution in [0.4, 0.5) is 4.39 Å². The molecule has 0 amide bonds. The number of halogens is 1. The molecule has 2 aromatic carbocycles. The van der Waals surface area contributed by atoms with Crippen molar-refractivity contribution in [1.82, 2.24) is 4.90 Å². The summed E-state index contributed by atoms with van der Waals surface area (Å²) in [4.78, 5) is 7.82. The van der Waals surface area contributed by atoms with Crippen molar-refractivity contribution in [2.45, 2.75) is 39.0 Å². The Balaban J connectivity index is 1.36. The number of hydrogen-bond acceptors (Lipinski definition) is 7. The van der Waals surface area contributed by atoms with Gasteiger partial charge in [0.25, 0.3) is 0 Å². The highest BCUT2D eigenvalue weighted by molar-refractivity contribution is 6.01. The average Bonchev–Trinajstić information content (AvgIpc) is 3.44. The van der Waals surface area contributed by atoms with Crippen molar-refractivity contribution in [2.24, 2.45) is 11.1 Å². The summed E-state index contributed by atoms with van der Waals surface area (Å²) >= 11 is 0. The standard InChI is InChI=1S/C25H31FN2O5/c1-17(2)14-30-15-21(29)12-28(11-18-3-6-20(26)7-4-18)13-22-10-23(27-33-22)19-5-8-24-25(9-19)32-16-31-24/h3-9,17,21-22,29H,10-16H2,1-2H3/t21-,22+/m0/s1. The Morgan fingerprint density at radius 1 is 1.12 bits per heavy atom. The Morgan fingerprint density at radius 2 is 1.91 bits per heavy atom. The maximum Gasteiger partial charge on any atom is 0.231 e. The molecule has 0 aliphatic carbocycles. The quantitative estimate of drug-likeness (QED) is 0.555. The molecule has 0 bridgehead atoms. The Labute approximate surface area is 193 Å². The third-order valence-electron chi connectivity index (χ3n) is 5.45. The van der Waals surface area contributed by atoms with Gasteiger partial charge in [0.2, 0.25) is 6.79 Å². The van der Waals surface area contributed by atoms with Crippen LogP contribution in [0.1, 0.15) is 31.4 Å². The molecule has 0 fully saturated rings. The van der Waals surface area contributed by atoms with E-state index in [9.17, 15) is 9.50 Å². The number of nitrogens with zero attached hydrogens (tertiary/aromatic N) is 2. The number of oxime groups is 1. The van der Waals surface area contributed by atoms with Crippen LogP contribution in [0, 0.1) is 11.7 Å². The van der Waals surface area contributed by atoms with Gasteiger partial charge in [-0.3, -0.25) is 4.90 Å². The third kappa shape index (κ3) is 6.66. The first-order valence-corrected chi connectivity index (χ1v) is 11.3. The predicted molar refractivity (Wildman–Crippen MR) is 122 cm³/mol. The molecule has 0 spiro atoms. The van der Waals surface area contributed by atoms with Gasteiger partial charge < -0.3 is 24.2 Å². The second kappa shape index (κ2) is 11.0. The van der Waals surface area contributed by atoms with Crippen LogP contribution < -0.4 is 9.47 Å². The zero-order valence-electron chi connectivity index (χ0n) is 19.1. The summed E-state index contributed by atoms with van der Waals surface area (Å²) in [5.74, 6) is 1.58. The lowest BCUT2D eigenvalue weighted by Gasteiger charge is -2.27. The van der Waals surface area contributed by atoms with Crippen molar-refractivity contribution in [3.8, 4) is 11.5 Å². The van der Waals surface area contributed by atoms with Gasteiger partial charge in [0.1, 0.15) is 11.9 Å². The molecule has 178 valence electrons. The van der Waals surface area contributed by atoms with Crippen LogP contribution in [0.15, 0.2) is 47.6 Å². The van der Waals surface area contributed by atoms with E-state index in [1.54, 1.807) is 12.1 Å². The molecule has 8 heteroatoms. The molecule has 2 aromatic rings. The molecule has 0 radical (unpaired) electrons. The zero-order valence-corrected chi connectivity index (χ0v) is 19.1. The Hall–Kier alpha value is -2.68. The lowest BCUT2D eigenvalue weighted by atomic mass is 10.0. The summed E-state index contributed by atoms with van der Waals surface area (Å²) in [5, 5.41) is 14.8. The summed E-state index contributed by atoms with van der Waals surface area (Å²) in [6, 6.07) is 12.2. The number of aliphatic hydroxyl groups is 1. The van der Waals surface area contributed by atoms with Crippen molar-refractivity contribution >= 4 is 5.71 Å². The van der Waals surface area contributed by atoms with Gasteiger partial charge in [-0.15, -0.1) is 0 Å². The fourth-order valence-electron chi connectivity index (χ4n) is 3.90. The molecular weight excluding hydrogens is 427 g/mol. The van der Waals surface area contributed by atoms with Gasteiger partial charge in [0.15, 0.2) is 11.5 Å². The molecule has 0 aromatic heterocycles. The fraction of sp³-hybridized carbons (Fsp3) is 0.480. The van der Waals surface area contributed by atoms with E-state index in [1.807, 2.05) is 18.2 Å². The van der Waals surface area contributed by atoms with E-state index in [0.717, 1.165) is 22.6 Å². The topological polar surface area (TPSA) is 72.8 Å². The predicted octanol–water partition coefficient (Wildman–Crippen LogP) is 3.58. The van der Waals surface area contributed by atoms with Gasteiger partial charge in [-0.05, 0) is 41.8 Å². The number of aliphatic hydroxyl groups excluding tert-OH is 1. The molecule has 33 heavy (non-hydrogen) atoms. The summed E-state index contributed by atoms with van der Waals surface area (Å²) in [5.41, 5.74) is 2.75. The minimum atomic E-state index is -0.639.